The Morgan fingerprint density at radius 3 is 2.62 bits per heavy atom. The molecule has 32 heavy (non-hydrogen) atoms. The van der Waals surface area contributed by atoms with Crippen LogP contribution in [0.2, 0.25) is 0 Å². The summed E-state index contributed by atoms with van der Waals surface area (Å²) in [4.78, 5) is 15.4. The van der Waals surface area contributed by atoms with Crippen LogP contribution in [0.4, 0.5) is 4.39 Å². The molecule has 1 N–H and O–H groups in total. The summed E-state index contributed by atoms with van der Waals surface area (Å²) in [5.41, 5.74) is 1.74. The Kier molecular flexibility index (Phi) is 7.40. The van der Waals surface area contributed by atoms with Gasteiger partial charge in [-0.2, -0.15) is 0 Å². The molecule has 0 aromatic heterocycles. The molecule has 0 bridgehead atoms. The number of benzene rings is 2. The first-order chi connectivity index (χ1) is 15.6. The van der Waals surface area contributed by atoms with Crippen LogP contribution in [0.5, 0.6) is 5.75 Å². The second kappa shape index (κ2) is 10.4. The topological polar surface area (TPSA) is 60.0 Å². The van der Waals surface area contributed by atoms with Crippen LogP contribution in [-0.2, 0) is 20.7 Å². The van der Waals surface area contributed by atoms with Crippen LogP contribution in [0.25, 0.3) is 11.1 Å². The summed E-state index contributed by atoms with van der Waals surface area (Å²) in [6.07, 6.45) is 2.09. The van der Waals surface area contributed by atoms with Crippen molar-refractivity contribution < 1.29 is 23.4 Å². The number of nitrogens with zero attached hydrogens (tertiary/aromatic N) is 1. The molecule has 7 heteroatoms. The lowest BCUT2D eigenvalue weighted by Gasteiger charge is -2.29. The Morgan fingerprint density at radius 1 is 1.16 bits per heavy atom. The molecule has 4 rings (SSSR count). The summed E-state index contributed by atoms with van der Waals surface area (Å²) >= 11 is 0. The molecular formula is C25H31FN2O4. The summed E-state index contributed by atoms with van der Waals surface area (Å²) in [7, 11) is 1.57. The number of morpholine rings is 1. The Morgan fingerprint density at radius 2 is 1.94 bits per heavy atom. The van der Waals surface area contributed by atoms with E-state index in [2.05, 4.69) is 10.2 Å². The lowest BCUT2D eigenvalue weighted by atomic mass is 9.89. The highest BCUT2D eigenvalue weighted by atomic mass is 19.1. The zero-order chi connectivity index (χ0) is 22.4. The van der Waals surface area contributed by atoms with Crippen molar-refractivity contribution in [1.29, 1.82) is 0 Å². The molecule has 1 unspecified atom stereocenters. The summed E-state index contributed by atoms with van der Waals surface area (Å²) in [5, 5.41) is 3.09. The van der Waals surface area contributed by atoms with Crippen molar-refractivity contribution in [3.05, 3.63) is 53.8 Å². The molecule has 1 amide bonds. The number of hydrogen-bond acceptors (Lipinski definition) is 5. The summed E-state index contributed by atoms with van der Waals surface area (Å²) in [6, 6.07) is 12.3. The van der Waals surface area contributed by atoms with Gasteiger partial charge in [0.15, 0.2) is 5.60 Å². The van der Waals surface area contributed by atoms with E-state index in [1.807, 2.05) is 24.3 Å². The second-order valence-electron chi connectivity index (χ2n) is 8.37. The number of nitrogens with one attached hydrogen (secondary N) is 1. The molecule has 2 aliphatic heterocycles. The Balaban J connectivity index is 1.41. The van der Waals surface area contributed by atoms with Crippen LogP contribution in [-0.4, -0.2) is 69.5 Å². The van der Waals surface area contributed by atoms with E-state index in [0.29, 0.717) is 37.3 Å². The van der Waals surface area contributed by atoms with Gasteiger partial charge in [0.1, 0.15) is 11.6 Å². The average Bonchev–Trinajstić information content (AvgIpc) is 3.30. The number of methoxy groups -OCH3 is 1. The van der Waals surface area contributed by atoms with Crippen LogP contribution in [0, 0.1) is 5.82 Å². The first-order valence-corrected chi connectivity index (χ1v) is 11.2. The first kappa shape index (κ1) is 22.7. The minimum atomic E-state index is -0.830. The molecule has 0 saturated carbocycles. The van der Waals surface area contributed by atoms with Crippen molar-refractivity contribution in [2.75, 3.05) is 53.1 Å². The van der Waals surface area contributed by atoms with E-state index in [4.69, 9.17) is 14.2 Å². The zero-order valence-corrected chi connectivity index (χ0v) is 18.6. The largest absolute Gasteiger partial charge is 0.496 e. The lowest BCUT2D eigenvalue weighted by Crippen LogP contribution is -2.50. The highest BCUT2D eigenvalue weighted by molar-refractivity contribution is 5.86. The first-order valence-electron chi connectivity index (χ1n) is 11.2. The minimum Gasteiger partial charge on any atom is -0.496 e. The smallest absolute Gasteiger partial charge is 0.252 e. The Hall–Kier alpha value is -2.48. The zero-order valence-electron chi connectivity index (χ0n) is 18.6. The van der Waals surface area contributed by atoms with Gasteiger partial charge < -0.3 is 19.5 Å². The average molecular weight is 443 g/mol. The molecular weight excluding hydrogens is 411 g/mol. The van der Waals surface area contributed by atoms with Gasteiger partial charge >= 0.3 is 0 Å². The molecule has 2 heterocycles. The number of halogens is 1. The van der Waals surface area contributed by atoms with E-state index in [-0.39, 0.29) is 11.7 Å². The van der Waals surface area contributed by atoms with E-state index in [0.717, 1.165) is 50.4 Å². The SMILES string of the molecule is COc1ccc(F)cc1-c1ccc(CC2(C(=O)NCCN3CCOCC3)CCCO2)cc1. The maximum Gasteiger partial charge on any atom is 0.252 e. The number of hydrogen-bond donors (Lipinski definition) is 1. The monoisotopic (exact) mass is 442 g/mol. The van der Waals surface area contributed by atoms with Crippen molar-refractivity contribution in [2.24, 2.45) is 0 Å². The fourth-order valence-corrected chi connectivity index (χ4v) is 4.45. The highest BCUT2D eigenvalue weighted by Crippen LogP contribution is 2.33. The molecule has 2 fully saturated rings. The third kappa shape index (κ3) is 5.28. The molecule has 2 aromatic carbocycles. The summed E-state index contributed by atoms with van der Waals surface area (Å²) in [5.74, 6) is 0.269. The highest BCUT2D eigenvalue weighted by Gasteiger charge is 2.42. The molecule has 1 atom stereocenters. The number of rotatable bonds is 8. The quantitative estimate of drug-likeness (QED) is 0.681. The van der Waals surface area contributed by atoms with Crippen molar-refractivity contribution >= 4 is 5.91 Å². The molecule has 172 valence electrons. The number of amides is 1. The lowest BCUT2D eigenvalue weighted by molar-refractivity contribution is -0.141. The van der Waals surface area contributed by atoms with Crippen molar-refractivity contribution in [3.8, 4) is 16.9 Å². The molecule has 0 spiro atoms. The Bertz CT molecular complexity index is 907. The fourth-order valence-electron chi connectivity index (χ4n) is 4.45. The van der Waals surface area contributed by atoms with Gasteiger partial charge in [0, 0.05) is 44.8 Å². The van der Waals surface area contributed by atoms with Gasteiger partial charge in [-0.15, -0.1) is 0 Å². The predicted octanol–water partition coefficient (Wildman–Crippen LogP) is 3.04. The van der Waals surface area contributed by atoms with Crippen LogP contribution in [0.1, 0.15) is 18.4 Å². The van der Waals surface area contributed by atoms with Gasteiger partial charge in [0.2, 0.25) is 0 Å². The second-order valence-corrected chi connectivity index (χ2v) is 8.37. The molecule has 0 aliphatic carbocycles. The standard InChI is InChI=1S/C25H31FN2O4/c1-30-23-8-7-21(26)17-22(23)20-5-3-19(4-6-20)18-25(9-2-14-32-25)24(29)27-10-11-28-12-15-31-16-13-28/h3-8,17H,2,9-16,18H2,1H3,(H,27,29). The summed E-state index contributed by atoms with van der Waals surface area (Å²) in [6.45, 7) is 5.31. The van der Waals surface area contributed by atoms with Gasteiger partial charge in [-0.05, 0) is 42.2 Å². The third-order valence-corrected chi connectivity index (χ3v) is 6.25. The molecule has 2 aliphatic rings. The summed E-state index contributed by atoms with van der Waals surface area (Å²) < 4.78 is 30.5. The maximum absolute atomic E-state index is 13.8. The third-order valence-electron chi connectivity index (χ3n) is 6.25. The molecule has 0 radical (unpaired) electrons. The van der Waals surface area contributed by atoms with Gasteiger partial charge in [0.05, 0.1) is 20.3 Å². The molecule has 2 saturated heterocycles. The van der Waals surface area contributed by atoms with Gasteiger partial charge in [-0.1, -0.05) is 24.3 Å². The number of ether oxygens (including phenoxy) is 3. The van der Waals surface area contributed by atoms with E-state index in [1.54, 1.807) is 13.2 Å². The van der Waals surface area contributed by atoms with Crippen molar-refractivity contribution in [3.63, 3.8) is 0 Å². The van der Waals surface area contributed by atoms with Crippen LogP contribution >= 0.6 is 0 Å². The minimum absolute atomic E-state index is 0.0425. The normalized spacial score (nSPS) is 21.4. The van der Waals surface area contributed by atoms with E-state index >= 15 is 0 Å². The van der Waals surface area contributed by atoms with Gasteiger partial charge in [-0.3, -0.25) is 9.69 Å². The number of carbonyl (C=O) groups is 1. The molecule has 2 aromatic rings. The van der Waals surface area contributed by atoms with E-state index in [9.17, 15) is 9.18 Å². The maximum atomic E-state index is 13.8. The van der Waals surface area contributed by atoms with Crippen LogP contribution < -0.4 is 10.1 Å². The van der Waals surface area contributed by atoms with Crippen LogP contribution in [0.15, 0.2) is 42.5 Å². The van der Waals surface area contributed by atoms with Crippen molar-refractivity contribution in [1.82, 2.24) is 10.2 Å². The van der Waals surface area contributed by atoms with Crippen LogP contribution in [0.3, 0.4) is 0 Å². The number of carbonyl (C=O) groups excluding carboxylic acids is 1. The van der Waals surface area contributed by atoms with E-state index < -0.39 is 5.60 Å². The molecule has 6 nitrogen and oxygen atoms in total. The van der Waals surface area contributed by atoms with Gasteiger partial charge in [-0.25, -0.2) is 4.39 Å². The predicted molar refractivity (Wildman–Crippen MR) is 120 cm³/mol. The van der Waals surface area contributed by atoms with E-state index in [1.165, 1.54) is 12.1 Å². The van der Waals surface area contributed by atoms with Gasteiger partial charge in [0.25, 0.3) is 5.91 Å². The fraction of sp³-hybridized carbons (Fsp3) is 0.480. The Labute approximate surface area is 188 Å². The van der Waals surface area contributed by atoms with Crippen molar-refractivity contribution in [2.45, 2.75) is 24.9 Å².